The van der Waals surface area contributed by atoms with Gasteiger partial charge in [0.05, 0.1) is 7.11 Å². The van der Waals surface area contributed by atoms with Crippen molar-refractivity contribution in [2.24, 2.45) is 11.8 Å². The number of hydrogen-bond donors (Lipinski definition) is 1. The van der Waals surface area contributed by atoms with E-state index in [0.29, 0.717) is 6.04 Å². The van der Waals surface area contributed by atoms with Crippen molar-refractivity contribution in [3.63, 3.8) is 0 Å². The Labute approximate surface area is 131 Å². The van der Waals surface area contributed by atoms with Gasteiger partial charge in [0.25, 0.3) is 0 Å². The van der Waals surface area contributed by atoms with Gasteiger partial charge in [-0.3, -0.25) is 0 Å². The molecule has 1 fully saturated rings. The number of hydrogen-bond acceptors (Lipinski definition) is 2. The molecule has 112 valence electrons. The summed E-state index contributed by atoms with van der Waals surface area (Å²) in [7, 11) is 1.71. The van der Waals surface area contributed by atoms with Crippen molar-refractivity contribution in [3.05, 3.63) is 28.2 Å². The molecule has 1 N–H and O–H groups in total. The third kappa shape index (κ3) is 3.76. The lowest BCUT2D eigenvalue weighted by molar-refractivity contribution is 0.232. The maximum atomic E-state index is 5.30. The SMILES string of the molecule is CCNC(c1ccc(OC)cc1Br)C1CCC(C)CC1. The fourth-order valence-corrected chi connectivity index (χ4v) is 3.86. The smallest absolute Gasteiger partial charge is 0.120 e. The minimum atomic E-state index is 0.452. The Balaban J connectivity index is 2.19. The van der Waals surface area contributed by atoms with E-state index in [0.717, 1.165) is 28.6 Å². The van der Waals surface area contributed by atoms with Crippen LogP contribution in [0.4, 0.5) is 0 Å². The van der Waals surface area contributed by atoms with Gasteiger partial charge in [-0.1, -0.05) is 48.7 Å². The third-order valence-corrected chi connectivity index (χ3v) is 5.19. The quantitative estimate of drug-likeness (QED) is 0.820. The number of methoxy groups -OCH3 is 1. The molecule has 0 amide bonds. The molecule has 1 aliphatic rings. The summed E-state index contributed by atoms with van der Waals surface area (Å²) in [6.45, 7) is 5.58. The monoisotopic (exact) mass is 339 g/mol. The topological polar surface area (TPSA) is 21.3 Å². The van der Waals surface area contributed by atoms with E-state index in [9.17, 15) is 0 Å². The first kappa shape index (κ1) is 15.8. The zero-order valence-corrected chi connectivity index (χ0v) is 14.4. The van der Waals surface area contributed by atoms with Crippen LogP contribution in [0.3, 0.4) is 0 Å². The molecule has 0 aliphatic heterocycles. The van der Waals surface area contributed by atoms with Gasteiger partial charge in [0.2, 0.25) is 0 Å². The standard InChI is InChI=1S/C17H26BrNO/c1-4-19-17(13-7-5-12(2)6-8-13)15-10-9-14(20-3)11-16(15)18/h9-13,17,19H,4-8H2,1-3H3. The van der Waals surface area contributed by atoms with Crippen LogP contribution in [0, 0.1) is 11.8 Å². The number of benzene rings is 1. The zero-order valence-electron chi connectivity index (χ0n) is 12.8. The van der Waals surface area contributed by atoms with Crippen LogP contribution in [-0.2, 0) is 0 Å². The van der Waals surface area contributed by atoms with Crippen molar-refractivity contribution in [2.75, 3.05) is 13.7 Å². The van der Waals surface area contributed by atoms with Crippen LogP contribution >= 0.6 is 15.9 Å². The molecule has 1 aromatic rings. The van der Waals surface area contributed by atoms with Crippen molar-refractivity contribution < 1.29 is 4.74 Å². The van der Waals surface area contributed by atoms with Gasteiger partial charge >= 0.3 is 0 Å². The summed E-state index contributed by atoms with van der Waals surface area (Å²) in [5, 5.41) is 3.69. The molecule has 1 atom stereocenters. The molecule has 3 heteroatoms. The molecule has 0 spiro atoms. The van der Waals surface area contributed by atoms with Gasteiger partial charge in [0.1, 0.15) is 5.75 Å². The third-order valence-electron chi connectivity index (χ3n) is 4.50. The van der Waals surface area contributed by atoms with Crippen molar-refractivity contribution in [1.82, 2.24) is 5.32 Å². The normalized spacial score (nSPS) is 24.4. The second-order valence-corrected chi connectivity index (χ2v) is 6.80. The van der Waals surface area contributed by atoms with Crippen LogP contribution < -0.4 is 10.1 Å². The Morgan fingerprint density at radius 2 is 2.00 bits per heavy atom. The first-order valence-corrected chi connectivity index (χ1v) is 8.51. The molecular formula is C17H26BrNO. The molecule has 1 unspecified atom stereocenters. The van der Waals surface area contributed by atoms with E-state index < -0.39 is 0 Å². The van der Waals surface area contributed by atoms with Gasteiger partial charge in [0.15, 0.2) is 0 Å². The van der Waals surface area contributed by atoms with Gasteiger partial charge in [-0.15, -0.1) is 0 Å². The van der Waals surface area contributed by atoms with Crippen LogP contribution in [0.2, 0.25) is 0 Å². The molecule has 0 heterocycles. The highest BCUT2D eigenvalue weighted by Crippen LogP contribution is 2.39. The highest BCUT2D eigenvalue weighted by Gasteiger charge is 2.27. The van der Waals surface area contributed by atoms with Crippen molar-refractivity contribution >= 4 is 15.9 Å². The number of halogens is 1. The summed E-state index contributed by atoms with van der Waals surface area (Å²) in [5.74, 6) is 2.55. The number of rotatable bonds is 5. The molecule has 1 saturated carbocycles. The average Bonchev–Trinajstić information content (AvgIpc) is 2.46. The van der Waals surface area contributed by atoms with Crippen molar-refractivity contribution in [3.8, 4) is 5.75 Å². The van der Waals surface area contributed by atoms with Crippen molar-refractivity contribution in [1.29, 1.82) is 0 Å². The summed E-state index contributed by atoms with van der Waals surface area (Å²) < 4.78 is 6.45. The van der Waals surface area contributed by atoms with E-state index in [4.69, 9.17) is 4.74 Å². The molecule has 20 heavy (non-hydrogen) atoms. The van der Waals surface area contributed by atoms with E-state index in [2.05, 4.69) is 53.3 Å². The van der Waals surface area contributed by atoms with E-state index in [1.54, 1.807) is 7.11 Å². The summed E-state index contributed by atoms with van der Waals surface area (Å²) in [4.78, 5) is 0. The van der Waals surface area contributed by atoms with Crippen LogP contribution in [0.25, 0.3) is 0 Å². The van der Waals surface area contributed by atoms with Gasteiger partial charge in [-0.05, 0) is 48.9 Å². The fraction of sp³-hybridized carbons (Fsp3) is 0.647. The lowest BCUT2D eigenvalue weighted by atomic mass is 9.77. The minimum absolute atomic E-state index is 0.452. The Bertz CT molecular complexity index is 427. The van der Waals surface area contributed by atoms with E-state index >= 15 is 0 Å². The van der Waals surface area contributed by atoms with Crippen LogP contribution in [0.5, 0.6) is 5.75 Å². The first-order valence-electron chi connectivity index (χ1n) is 7.72. The summed E-state index contributed by atoms with van der Waals surface area (Å²) in [6, 6.07) is 6.79. The number of ether oxygens (including phenoxy) is 1. The highest BCUT2D eigenvalue weighted by atomic mass is 79.9. The molecular weight excluding hydrogens is 314 g/mol. The second kappa shape index (κ2) is 7.46. The second-order valence-electron chi connectivity index (χ2n) is 5.94. The van der Waals surface area contributed by atoms with Gasteiger partial charge in [-0.25, -0.2) is 0 Å². The van der Waals surface area contributed by atoms with E-state index in [1.165, 1.54) is 31.2 Å². The van der Waals surface area contributed by atoms with Crippen LogP contribution in [0.1, 0.15) is 51.1 Å². The summed E-state index contributed by atoms with van der Waals surface area (Å²) in [5.41, 5.74) is 1.37. The van der Waals surface area contributed by atoms with Crippen LogP contribution in [0.15, 0.2) is 22.7 Å². The zero-order chi connectivity index (χ0) is 14.5. The predicted molar refractivity (Wildman–Crippen MR) is 88.2 cm³/mol. The molecule has 1 aromatic carbocycles. The highest BCUT2D eigenvalue weighted by molar-refractivity contribution is 9.10. The molecule has 0 bridgehead atoms. The van der Waals surface area contributed by atoms with E-state index in [-0.39, 0.29) is 0 Å². The Hall–Kier alpha value is -0.540. The molecule has 0 radical (unpaired) electrons. The molecule has 2 rings (SSSR count). The largest absolute Gasteiger partial charge is 0.497 e. The van der Waals surface area contributed by atoms with E-state index in [1.807, 2.05) is 0 Å². The van der Waals surface area contributed by atoms with Crippen molar-refractivity contribution in [2.45, 2.75) is 45.6 Å². The van der Waals surface area contributed by atoms with Gasteiger partial charge in [0, 0.05) is 10.5 Å². The first-order chi connectivity index (χ1) is 9.65. The summed E-state index contributed by atoms with van der Waals surface area (Å²) in [6.07, 6.45) is 5.38. The molecule has 2 nitrogen and oxygen atoms in total. The minimum Gasteiger partial charge on any atom is -0.497 e. The Morgan fingerprint density at radius 3 is 2.55 bits per heavy atom. The Morgan fingerprint density at radius 1 is 1.30 bits per heavy atom. The number of nitrogens with one attached hydrogen (secondary N) is 1. The van der Waals surface area contributed by atoms with Gasteiger partial charge in [-0.2, -0.15) is 0 Å². The van der Waals surface area contributed by atoms with Gasteiger partial charge < -0.3 is 10.1 Å². The van der Waals surface area contributed by atoms with Crippen LogP contribution in [-0.4, -0.2) is 13.7 Å². The molecule has 1 aliphatic carbocycles. The average molecular weight is 340 g/mol. The summed E-state index contributed by atoms with van der Waals surface area (Å²) >= 11 is 3.72. The molecule has 0 saturated heterocycles. The lowest BCUT2D eigenvalue weighted by Gasteiger charge is -2.34. The Kier molecular flexibility index (Phi) is 5.91. The maximum absolute atomic E-state index is 5.30. The molecule has 0 aromatic heterocycles. The lowest BCUT2D eigenvalue weighted by Crippen LogP contribution is -2.31. The fourth-order valence-electron chi connectivity index (χ4n) is 3.26. The maximum Gasteiger partial charge on any atom is 0.120 e. The predicted octanol–water partition coefficient (Wildman–Crippen LogP) is 4.93.